The van der Waals surface area contributed by atoms with Gasteiger partial charge in [-0.1, -0.05) is 41.5 Å². The van der Waals surface area contributed by atoms with Gasteiger partial charge in [0.1, 0.15) is 0 Å². The molecule has 6 nitrogen and oxygen atoms in total. The van der Waals surface area contributed by atoms with Crippen molar-refractivity contribution >= 4 is 17.9 Å². The Morgan fingerprint density at radius 2 is 1.45 bits per heavy atom. The van der Waals surface area contributed by atoms with Gasteiger partial charge in [0.05, 0.1) is 11.4 Å². The Hall–Kier alpha value is -2.11. The van der Waals surface area contributed by atoms with Crippen LogP contribution in [0.4, 0.5) is 15.3 Å². The highest BCUT2D eigenvalue weighted by molar-refractivity contribution is 6.09. The van der Waals surface area contributed by atoms with Gasteiger partial charge in [0.25, 0.3) is 0 Å². The molecule has 6 heteroatoms. The molecule has 0 saturated heterocycles. The molecule has 1 aromatic heterocycles. The van der Waals surface area contributed by atoms with E-state index in [0.29, 0.717) is 16.2 Å². The summed E-state index contributed by atoms with van der Waals surface area (Å²) in [7, 11) is 0. The van der Waals surface area contributed by atoms with E-state index in [1.54, 1.807) is 6.07 Å². The summed E-state index contributed by atoms with van der Waals surface area (Å²) in [5.74, 6) is 0. The maximum absolute atomic E-state index is 11.5. The minimum atomic E-state index is -1.53. The van der Waals surface area contributed by atoms with Crippen molar-refractivity contribution in [2.75, 3.05) is 4.90 Å². The van der Waals surface area contributed by atoms with Crippen molar-refractivity contribution in [1.29, 1.82) is 0 Å². The van der Waals surface area contributed by atoms with Crippen molar-refractivity contribution in [3.8, 4) is 0 Å². The molecule has 0 unspecified atom stereocenters. The van der Waals surface area contributed by atoms with Gasteiger partial charge in [-0.3, -0.25) is 4.98 Å². The molecular formula is C16H24N2O4. The molecule has 0 aliphatic heterocycles. The number of hydrogen-bond acceptors (Lipinski definition) is 3. The van der Waals surface area contributed by atoms with Crippen LogP contribution >= 0.6 is 0 Å². The fourth-order valence-corrected chi connectivity index (χ4v) is 2.26. The van der Waals surface area contributed by atoms with Crippen LogP contribution in [0.25, 0.3) is 0 Å². The second-order valence-electron chi connectivity index (χ2n) is 7.41. The van der Waals surface area contributed by atoms with Gasteiger partial charge in [-0.2, -0.15) is 4.90 Å². The lowest BCUT2D eigenvalue weighted by Crippen LogP contribution is -2.39. The number of carboxylic acid groups (broad SMARTS) is 2. The molecule has 2 amide bonds. The molecule has 0 aliphatic rings. The average molecular weight is 308 g/mol. The Labute approximate surface area is 130 Å². The third-order valence-electron chi connectivity index (χ3n) is 3.25. The summed E-state index contributed by atoms with van der Waals surface area (Å²) in [4.78, 5) is 27.8. The summed E-state index contributed by atoms with van der Waals surface area (Å²) in [5.41, 5.74) is 1.06. The molecule has 0 spiro atoms. The number of pyridine rings is 1. The van der Waals surface area contributed by atoms with Crippen LogP contribution in [0.2, 0.25) is 0 Å². The topological polar surface area (TPSA) is 90.7 Å². The van der Waals surface area contributed by atoms with Crippen molar-refractivity contribution in [3.63, 3.8) is 0 Å². The molecule has 0 aliphatic carbocycles. The summed E-state index contributed by atoms with van der Waals surface area (Å²) in [6, 6.07) is 1.75. The van der Waals surface area contributed by atoms with Crippen LogP contribution in [0.3, 0.4) is 0 Å². The number of aryl methyl sites for hydroxylation is 1. The van der Waals surface area contributed by atoms with E-state index in [1.165, 1.54) is 0 Å². The number of rotatable bonds is 1. The van der Waals surface area contributed by atoms with E-state index in [1.807, 2.05) is 48.5 Å². The first kappa shape index (κ1) is 17.9. The van der Waals surface area contributed by atoms with Crippen molar-refractivity contribution in [1.82, 2.24) is 4.98 Å². The summed E-state index contributed by atoms with van der Waals surface area (Å²) in [5, 5.41) is 18.7. The van der Waals surface area contributed by atoms with Crippen LogP contribution in [-0.2, 0) is 10.8 Å². The van der Waals surface area contributed by atoms with Gasteiger partial charge in [-0.15, -0.1) is 0 Å². The molecule has 122 valence electrons. The fraction of sp³-hybridized carbons (Fsp3) is 0.562. The SMILES string of the molecule is Cc1cc(C(C)(C)C)c(N(C(=O)O)C(=O)O)c(C(C)(C)C)n1. The van der Waals surface area contributed by atoms with Gasteiger partial charge in [-0.25, -0.2) is 9.59 Å². The Morgan fingerprint density at radius 3 is 1.77 bits per heavy atom. The number of imide groups is 1. The summed E-state index contributed by atoms with van der Waals surface area (Å²) >= 11 is 0. The van der Waals surface area contributed by atoms with Gasteiger partial charge in [-0.05, 0) is 24.0 Å². The van der Waals surface area contributed by atoms with E-state index in [2.05, 4.69) is 4.98 Å². The lowest BCUT2D eigenvalue weighted by Gasteiger charge is -2.32. The molecule has 0 bridgehead atoms. The first-order chi connectivity index (χ1) is 9.76. The van der Waals surface area contributed by atoms with Crippen LogP contribution in [0, 0.1) is 6.92 Å². The van der Waals surface area contributed by atoms with Gasteiger partial charge in [0.2, 0.25) is 0 Å². The normalized spacial score (nSPS) is 12.1. The minimum Gasteiger partial charge on any atom is -0.464 e. The van der Waals surface area contributed by atoms with E-state index in [0.717, 1.165) is 5.69 Å². The zero-order valence-corrected chi connectivity index (χ0v) is 14.2. The summed E-state index contributed by atoms with van der Waals surface area (Å²) in [6.07, 6.45) is -3.07. The van der Waals surface area contributed by atoms with Crippen LogP contribution in [0.5, 0.6) is 0 Å². The molecule has 0 fully saturated rings. The van der Waals surface area contributed by atoms with Crippen molar-refractivity contribution in [3.05, 3.63) is 23.0 Å². The molecule has 2 N–H and O–H groups in total. The second-order valence-corrected chi connectivity index (χ2v) is 7.41. The number of anilines is 1. The molecule has 0 aromatic carbocycles. The Balaban J connectivity index is 3.92. The van der Waals surface area contributed by atoms with E-state index < -0.39 is 23.0 Å². The highest BCUT2D eigenvalue weighted by atomic mass is 16.4. The van der Waals surface area contributed by atoms with Crippen LogP contribution in [-0.4, -0.2) is 27.4 Å². The molecule has 0 radical (unpaired) electrons. The van der Waals surface area contributed by atoms with Gasteiger partial charge in [0.15, 0.2) is 0 Å². The number of aromatic nitrogens is 1. The monoisotopic (exact) mass is 308 g/mol. The molecule has 22 heavy (non-hydrogen) atoms. The average Bonchev–Trinajstić information content (AvgIpc) is 2.26. The second kappa shape index (κ2) is 5.59. The minimum absolute atomic E-state index is 0.144. The molecule has 1 rings (SSSR count). The maximum Gasteiger partial charge on any atom is 0.421 e. The zero-order valence-electron chi connectivity index (χ0n) is 14.2. The van der Waals surface area contributed by atoms with E-state index in [9.17, 15) is 19.8 Å². The van der Waals surface area contributed by atoms with Gasteiger partial charge >= 0.3 is 12.2 Å². The first-order valence-corrected chi connectivity index (χ1v) is 7.05. The molecular weight excluding hydrogens is 284 g/mol. The Morgan fingerprint density at radius 1 is 1.00 bits per heavy atom. The molecule has 1 aromatic rings. The number of nitrogens with zero attached hydrogens (tertiary/aromatic N) is 2. The number of amides is 2. The quantitative estimate of drug-likeness (QED) is 0.813. The number of hydrogen-bond donors (Lipinski definition) is 2. The highest BCUT2D eigenvalue weighted by Crippen LogP contribution is 2.39. The molecule has 0 saturated carbocycles. The standard InChI is InChI=1S/C16H24N2O4/c1-9-8-10(15(2,3)4)11(12(17-9)16(5,6)7)18(13(19)20)14(21)22/h8H,1-7H3,(H,19,20)(H,21,22). The lowest BCUT2D eigenvalue weighted by atomic mass is 9.81. The van der Waals surface area contributed by atoms with Crippen molar-refractivity contribution in [2.24, 2.45) is 0 Å². The Bertz CT molecular complexity index is 561. The fourth-order valence-electron chi connectivity index (χ4n) is 2.26. The van der Waals surface area contributed by atoms with Crippen LogP contribution in [0.15, 0.2) is 6.07 Å². The molecule has 0 atom stereocenters. The van der Waals surface area contributed by atoms with Crippen molar-refractivity contribution in [2.45, 2.75) is 59.3 Å². The third-order valence-corrected chi connectivity index (χ3v) is 3.25. The Kier molecular flexibility index (Phi) is 4.56. The van der Waals surface area contributed by atoms with E-state index in [4.69, 9.17) is 0 Å². The first-order valence-electron chi connectivity index (χ1n) is 7.05. The van der Waals surface area contributed by atoms with Crippen LogP contribution < -0.4 is 4.90 Å². The third kappa shape index (κ3) is 3.55. The lowest BCUT2D eigenvalue weighted by molar-refractivity contribution is 0.184. The van der Waals surface area contributed by atoms with Crippen LogP contribution in [0.1, 0.15) is 58.5 Å². The smallest absolute Gasteiger partial charge is 0.421 e. The summed E-state index contributed by atoms with van der Waals surface area (Å²) < 4.78 is 0. The number of carbonyl (C=O) groups is 2. The molecule has 1 heterocycles. The summed E-state index contributed by atoms with van der Waals surface area (Å²) in [6.45, 7) is 13.2. The van der Waals surface area contributed by atoms with E-state index in [-0.39, 0.29) is 5.69 Å². The largest absolute Gasteiger partial charge is 0.464 e. The maximum atomic E-state index is 11.5. The predicted octanol–water partition coefficient (Wildman–Crippen LogP) is 4.15. The van der Waals surface area contributed by atoms with Gasteiger partial charge in [0, 0.05) is 11.1 Å². The van der Waals surface area contributed by atoms with Crippen molar-refractivity contribution < 1.29 is 19.8 Å². The predicted molar refractivity (Wildman–Crippen MR) is 84.9 cm³/mol. The van der Waals surface area contributed by atoms with E-state index >= 15 is 0 Å². The highest BCUT2D eigenvalue weighted by Gasteiger charge is 2.35. The zero-order chi connectivity index (χ0) is 17.5. The van der Waals surface area contributed by atoms with Gasteiger partial charge < -0.3 is 10.2 Å².